The molecule has 2 aliphatic rings. The van der Waals surface area contributed by atoms with E-state index >= 15 is 0 Å². The number of ether oxygens (including phenoxy) is 4. The molecule has 0 aromatic heterocycles. The maximum absolute atomic E-state index is 12.1. The molecule has 0 aliphatic carbocycles. The van der Waals surface area contributed by atoms with Crippen LogP contribution in [0.5, 0.6) is 0 Å². The van der Waals surface area contributed by atoms with Crippen LogP contribution in [0, 0.1) is 0 Å². The molecule has 0 spiro atoms. The summed E-state index contributed by atoms with van der Waals surface area (Å²) in [6.07, 6.45) is -1.87. The van der Waals surface area contributed by atoms with E-state index in [9.17, 15) is 9.59 Å². The highest BCUT2D eigenvalue weighted by molar-refractivity contribution is 5.89. The Labute approximate surface area is 134 Å². The van der Waals surface area contributed by atoms with Crippen molar-refractivity contribution in [1.82, 2.24) is 0 Å². The number of benzene rings is 1. The highest BCUT2D eigenvalue weighted by Gasteiger charge is 2.51. The first kappa shape index (κ1) is 15.7. The molecule has 2 heterocycles. The monoisotopic (exact) mass is 318 g/mol. The van der Waals surface area contributed by atoms with Crippen LogP contribution in [0.2, 0.25) is 0 Å². The minimum Gasteiger partial charge on any atom is -0.454 e. The van der Waals surface area contributed by atoms with Gasteiger partial charge in [0.2, 0.25) is 0 Å². The number of fused-ring (bicyclic) bond motifs is 1. The lowest BCUT2D eigenvalue weighted by Crippen LogP contribution is -2.36. The Balaban J connectivity index is 1.60. The molecule has 2 saturated heterocycles. The van der Waals surface area contributed by atoms with Crippen LogP contribution < -0.4 is 0 Å². The van der Waals surface area contributed by atoms with E-state index in [-0.39, 0.29) is 13.2 Å². The predicted octanol–water partition coefficient (Wildman–Crippen LogP) is 1.50. The summed E-state index contributed by atoms with van der Waals surface area (Å²) in [5.74, 6) is -0.904. The molecule has 1 aromatic carbocycles. The van der Waals surface area contributed by atoms with Gasteiger partial charge in [0.1, 0.15) is 12.2 Å². The zero-order valence-corrected chi connectivity index (χ0v) is 12.8. The zero-order valence-electron chi connectivity index (χ0n) is 12.8. The predicted molar refractivity (Wildman–Crippen MR) is 79.8 cm³/mol. The van der Waals surface area contributed by atoms with Crippen LogP contribution in [0.1, 0.15) is 17.3 Å². The quantitative estimate of drug-likeness (QED) is 0.619. The van der Waals surface area contributed by atoms with E-state index in [1.165, 1.54) is 0 Å². The molecule has 0 unspecified atom stereocenters. The highest BCUT2D eigenvalue weighted by Crippen LogP contribution is 2.31. The fraction of sp³-hybridized carbons (Fsp3) is 0.412. The van der Waals surface area contributed by atoms with Gasteiger partial charge in [0, 0.05) is 5.57 Å². The Morgan fingerprint density at radius 3 is 2.17 bits per heavy atom. The van der Waals surface area contributed by atoms with E-state index in [2.05, 4.69) is 6.58 Å². The van der Waals surface area contributed by atoms with Gasteiger partial charge < -0.3 is 18.9 Å². The van der Waals surface area contributed by atoms with Crippen LogP contribution in [0.15, 0.2) is 42.5 Å². The maximum Gasteiger partial charge on any atom is 0.338 e. The second kappa shape index (κ2) is 6.52. The first-order valence-corrected chi connectivity index (χ1v) is 7.42. The fourth-order valence-corrected chi connectivity index (χ4v) is 2.65. The molecular weight excluding hydrogens is 300 g/mol. The lowest BCUT2D eigenvalue weighted by Gasteiger charge is -2.17. The molecule has 0 amide bonds. The minimum atomic E-state index is -0.513. The van der Waals surface area contributed by atoms with Crippen LogP contribution >= 0.6 is 0 Å². The van der Waals surface area contributed by atoms with E-state index in [1.54, 1.807) is 31.2 Å². The van der Waals surface area contributed by atoms with E-state index in [0.29, 0.717) is 11.1 Å². The molecule has 0 saturated carbocycles. The average molecular weight is 318 g/mol. The topological polar surface area (TPSA) is 71.1 Å². The maximum atomic E-state index is 12.1. The van der Waals surface area contributed by atoms with Crippen molar-refractivity contribution in [1.29, 1.82) is 0 Å². The van der Waals surface area contributed by atoms with Gasteiger partial charge in [-0.15, -0.1) is 0 Å². The van der Waals surface area contributed by atoms with Crippen LogP contribution in [0.4, 0.5) is 0 Å². The molecule has 3 rings (SSSR count). The summed E-state index contributed by atoms with van der Waals surface area (Å²) >= 11 is 0. The van der Waals surface area contributed by atoms with Crippen molar-refractivity contribution in [3.8, 4) is 0 Å². The Hall–Kier alpha value is -2.18. The lowest BCUT2D eigenvalue weighted by molar-refractivity contribution is -0.148. The van der Waals surface area contributed by atoms with Crippen molar-refractivity contribution in [3.63, 3.8) is 0 Å². The Morgan fingerprint density at radius 2 is 1.61 bits per heavy atom. The standard InChI is InChI=1S/C17H18O6/c1-10(2)16(18)22-12-8-20-15-13(9-21-14(12)15)23-17(19)11-6-4-3-5-7-11/h3-7,12-15H,1,8-9H2,2H3/t12-,13+,14+,15+/m0/s1. The van der Waals surface area contributed by atoms with Crippen LogP contribution in [-0.2, 0) is 23.7 Å². The van der Waals surface area contributed by atoms with E-state index in [4.69, 9.17) is 18.9 Å². The summed E-state index contributed by atoms with van der Waals surface area (Å²) in [6, 6.07) is 8.73. The first-order valence-electron chi connectivity index (χ1n) is 7.42. The normalized spacial score (nSPS) is 28.9. The largest absolute Gasteiger partial charge is 0.454 e. The van der Waals surface area contributed by atoms with Gasteiger partial charge in [-0.05, 0) is 19.1 Å². The zero-order chi connectivity index (χ0) is 16.4. The number of rotatable bonds is 4. The van der Waals surface area contributed by atoms with Gasteiger partial charge >= 0.3 is 11.9 Å². The van der Waals surface area contributed by atoms with Gasteiger partial charge in [-0.1, -0.05) is 24.8 Å². The van der Waals surface area contributed by atoms with Crippen LogP contribution in [-0.4, -0.2) is 49.6 Å². The van der Waals surface area contributed by atoms with Crippen LogP contribution in [0.25, 0.3) is 0 Å². The Morgan fingerprint density at radius 1 is 1.04 bits per heavy atom. The summed E-state index contributed by atoms with van der Waals surface area (Å²) in [6.45, 7) is 5.56. The second-order valence-corrected chi connectivity index (χ2v) is 5.63. The number of hydrogen-bond acceptors (Lipinski definition) is 6. The molecule has 0 bridgehead atoms. The number of esters is 2. The minimum absolute atomic E-state index is 0.216. The average Bonchev–Trinajstić information content (AvgIpc) is 3.12. The fourth-order valence-electron chi connectivity index (χ4n) is 2.65. The second-order valence-electron chi connectivity index (χ2n) is 5.63. The van der Waals surface area contributed by atoms with Gasteiger partial charge in [-0.3, -0.25) is 0 Å². The van der Waals surface area contributed by atoms with Gasteiger partial charge in [-0.25, -0.2) is 9.59 Å². The van der Waals surface area contributed by atoms with Gasteiger partial charge in [-0.2, -0.15) is 0 Å². The molecular formula is C17H18O6. The van der Waals surface area contributed by atoms with Gasteiger partial charge in [0.25, 0.3) is 0 Å². The molecule has 6 nitrogen and oxygen atoms in total. The molecule has 23 heavy (non-hydrogen) atoms. The number of carbonyl (C=O) groups is 2. The lowest BCUT2D eigenvalue weighted by atomic mass is 10.1. The molecule has 2 fully saturated rings. The van der Waals surface area contributed by atoms with Crippen molar-refractivity contribution in [2.24, 2.45) is 0 Å². The molecule has 4 atom stereocenters. The summed E-state index contributed by atoms with van der Waals surface area (Å²) in [5, 5.41) is 0. The Bertz CT molecular complexity index is 611. The summed E-state index contributed by atoms with van der Waals surface area (Å²) in [4.78, 5) is 23.7. The summed E-state index contributed by atoms with van der Waals surface area (Å²) in [7, 11) is 0. The third kappa shape index (κ3) is 3.28. The van der Waals surface area contributed by atoms with Crippen LogP contribution in [0.3, 0.4) is 0 Å². The molecule has 0 radical (unpaired) electrons. The molecule has 2 aliphatic heterocycles. The van der Waals surface area contributed by atoms with Crippen molar-refractivity contribution < 1.29 is 28.5 Å². The SMILES string of the molecule is C=C(C)C(=O)O[C@H]1CO[C@H]2[C@@H]1OC[C@H]2OC(=O)c1ccccc1. The van der Waals surface area contributed by atoms with Gasteiger partial charge in [0.05, 0.1) is 18.8 Å². The molecule has 122 valence electrons. The summed E-state index contributed by atoms with van der Waals surface area (Å²) in [5.41, 5.74) is 0.790. The summed E-state index contributed by atoms with van der Waals surface area (Å²) < 4.78 is 22.0. The first-order chi connectivity index (χ1) is 11.1. The highest BCUT2D eigenvalue weighted by atomic mass is 16.7. The van der Waals surface area contributed by atoms with Crippen molar-refractivity contribution in [3.05, 3.63) is 48.0 Å². The number of carbonyl (C=O) groups excluding carboxylic acids is 2. The van der Waals surface area contributed by atoms with E-state index < -0.39 is 36.4 Å². The van der Waals surface area contributed by atoms with E-state index in [1.807, 2.05) is 6.07 Å². The molecule has 6 heteroatoms. The molecule has 0 N–H and O–H groups in total. The third-order valence-corrected chi connectivity index (χ3v) is 3.84. The smallest absolute Gasteiger partial charge is 0.338 e. The van der Waals surface area contributed by atoms with Crippen molar-refractivity contribution >= 4 is 11.9 Å². The van der Waals surface area contributed by atoms with E-state index in [0.717, 1.165) is 0 Å². The van der Waals surface area contributed by atoms with Gasteiger partial charge in [0.15, 0.2) is 12.2 Å². The molecule has 1 aromatic rings. The Kier molecular flexibility index (Phi) is 4.45. The van der Waals surface area contributed by atoms with Crippen molar-refractivity contribution in [2.45, 2.75) is 31.3 Å². The van der Waals surface area contributed by atoms with Crippen molar-refractivity contribution in [2.75, 3.05) is 13.2 Å². The number of hydrogen-bond donors (Lipinski definition) is 0. The third-order valence-electron chi connectivity index (χ3n) is 3.84.